The molecule has 0 aromatic rings. The van der Waals surface area contributed by atoms with Gasteiger partial charge in [-0.3, -0.25) is 0 Å². The van der Waals surface area contributed by atoms with Gasteiger partial charge < -0.3 is 14.7 Å². The molecule has 1 aliphatic heterocycles. The van der Waals surface area contributed by atoms with Crippen molar-refractivity contribution >= 4 is 12.1 Å². The van der Waals surface area contributed by atoms with Gasteiger partial charge in [-0.25, -0.2) is 9.59 Å². The smallest absolute Gasteiger partial charge is 0.407 e. The number of esters is 1. The molecule has 5 heteroatoms. The number of hydrogen-bond donors (Lipinski definition) is 1. The molecule has 0 aromatic heterocycles. The van der Waals surface area contributed by atoms with Gasteiger partial charge in [-0.15, -0.1) is 0 Å². The van der Waals surface area contributed by atoms with Crippen LogP contribution >= 0.6 is 0 Å². The minimum atomic E-state index is -0.809. The normalized spacial score (nSPS) is 25.2. The third kappa shape index (κ3) is 3.52. The van der Waals surface area contributed by atoms with E-state index in [0.717, 1.165) is 32.1 Å². The van der Waals surface area contributed by atoms with E-state index in [-0.39, 0.29) is 11.4 Å². The zero-order chi connectivity index (χ0) is 14.6. The molecule has 1 N–H and O–H groups in total. The summed E-state index contributed by atoms with van der Waals surface area (Å²) in [7, 11) is 0. The molecule has 1 amide bonds. The summed E-state index contributed by atoms with van der Waals surface area (Å²) in [4.78, 5) is 23.7. The summed E-state index contributed by atoms with van der Waals surface area (Å²) in [5, 5.41) is 8.98. The van der Waals surface area contributed by atoms with E-state index in [1.54, 1.807) is 13.0 Å². The Bertz CT molecular complexity index is 397. The molecule has 0 aromatic carbocycles. The largest absolute Gasteiger partial charge is 0.465 e. The van der Waals surface area contributed by atoms with Crippen molar-refractivity contribution < 1.29 is 19.4 Å². The lowest BCUT2D eigenvalue weighted by Crippen LogP contribution is -2.41. The summed E-state index contributed by atoms with van der Waals surface area (Å²) in [6, 6.07) is 0. The number of carbonyl (C=O) groups is 2. The second kappa shape index (κ2) is 6.29. The van der Waals surface area contributed by atoms with Crippen LogP contribution in [0.25, 0.3) is 0 Å². The van der Waals surface area contributed by atoms with Crippen molar-refractivity contribution in [3.8, 4) is 0 Å². The van der Waals surface area contributed by atoms with E-state index in [2.05, 4.69) is 0 Å². The molecule has 2 rings (SSSR count). The van der Waals surface area contributed by atoms with Crippen LogP contribution < -0.4 is 0 Å². The van der Waals surface area contributed by atoms with Crippen molar-refractivity contribution in [3.05, 3.63) is 12.2 Å². The zero-order valence-electron chi connectivity index (χ0n) is 12.0. The molecule has 1 unspecified atom stereocenters. The predicted molar refractivity (Wildman–Crippen MR) is 74.4 cm³/mol. The molecule has 0 radical (unpaired) electrons. The molecule has 5 nitrogen and oxygen atoms in total. The first kappa shape index (κ1) is 14.9. The molecule has 1 saturated carbocycles. The second-order valence-electron chi connectivity index (χ2n) is 5.88. The maximum Gasteiger partial charge on any atom is 0.407 e. The van der Waals surface area contributed by atoms with Gasteiger partial charge in [0.25, 0.3) is 0 Å². The molecule has 112 valence electrons. The first-order valence-electron chi connectivity index (χ1n) is 7.37. The molecule has 2 fully saturated rings. The summed E-state index contributed by atoms with van der Waals surface area (Å²) in [6.07, 6.45) is 7.89. The molecule has 2 aliphatic rings. The lowest BCUT2D eigenvalue weighted by atomic mass is 9.76. The third-order valence-corrected chi connectivity index (χ3v) is 4.63. The fourth-order valence-corrected chi connectivity index (χ4v) is 3.45. The number of carbonyl (C=O) groups excluding carboxylic acids is 1. The van der Waals surface area contributed by atoms with E-state index in [1.807, 2.05) is 6.08 Å². The predicted octanol–water partition coefficient (Wildman–Crippen LogP) is 2.67. The molecule has 1 heterocycles. The maximum absolute atomic E-state index is 11.3. The maximum atomic E-state index is 11.3. The average Bonchev–Trinajstić information content (AvgIpc) is 2.81. The van der Waals surface area contributed by atoms with Crippen LogP contribution in [0.15, 0.2) is 12.2 Å². The van der Waals surface area contributed by atoms with Gasteiger partial charge >= 0.3 is 12.1 Å². The Labute approximate surface area is 119 Å². The highest BCUT2D eigenvalue weighted by atomic mass is 16.5. The van der Waals surface area contributed by atoms with E-state index < -0.39 is 6.09 Å². The highest BCUT2D eigenvalue weighted by molar-refractivity contribution is 5.81. The molecule has 1 aliphatic carbocycles. The Morgan fingerprint density at radius 1 is 1.35 bits per heavy atom. The van der Waals surface area contributed by atoms with Crippen molar-refractivity contribution in [1.29, 1.82) is 0 Å². The summed E-state index contributed by atoms with van der Waals surface area (Å²) in [5.41, 5.74) is 0.287. The van der Waals surface area contributed by atoms with Crippen LogP contribution in [0.5, 0.6) is 0 Å². The first-order chi connectivity index (χ1) is 9.54. The Morgan fingerprint density at radius 3 is 2.65 bits per heavy atom. The van der Waals surface area contributed by atoms with Crippen LogP contribution in [0.4, 0.5) is 4.79 Å². The molecule has 1 atom stereocenters. The highest BCUT2D eigenvalue weighted by Crippen LogP contribution is 2.49. The number of allylic oxidation sites excluding steroid dienone is 1. The van der Waals surface area contributed by atoms with Crippen LogP contribution in [-0.2, 0) is 9.53 Å². The lowest BCUT2D eigenvalue weighted by Gasteiger charge is -2.38. The molecule has 20 heavy (non-hydrogen) atoms. The van der Waals surface area contributed by atoms with Crippen LogP contribution in [0.2, 0.25) is 0 Å². The number of hydrogen-bond acceptors (Lipinski definition) is 3. The molecule has 1 spiro atoms. The lowest BCUT2D eigenvalue weighted by molar-refractivity contribution is -0.137. The number of rotatable bonds is 3. The van der Waals surface area contributed by atoms with Gasteiger partial charge in [0, 0.05) is 19.2 Å². The minimum absolute atomic E-state index is 0.269. The topological polar surface area (TPSA) is 66.8 Å². The quantitative estimate of drug-likeness (QED) is 0.638. The summed E-state index contributed by atoms with van der Waals surface area (Å²) >= 11 is 0. The van der Waals surface area contributed by atoms with Crippen molar-refractivity contribution in [1.82, 2.24) is 4.90 Å². The van der Waals surface area contributed by atoms with Gasteiger partial charge in [0.05, 0.1) is 6.61 Å². The van der Waals surface area contributed by atoms with Crippen molar-refractivity contribution in [2.75, 3.05) is 19.7 Å². The van der Waals surface area contributed by atoms with Gasteiger partial charge in [0.1, 0.15) is 0 Å². The highest BCUT2D eigenvalue weighted by Gasteiger charge is 2.41. The van der Waals surface area contributed by atoms with Gasteiger partial charge in [-0.1, -0.05) is 6.08 Å². The van der Waals surface area contributed by atoms with Gasteiger partial charge in [-0.2, -0.15) is 0 Å². The van der Waals surface area contributed by atoms with Gasteiger partial charge in [0.2, 0.25) is 0 Å². The van der Waals surface area contributed by atoms with E-state index in [1.165, 1.54) is 4.90 Å². The van der Waals surface area contributed by atoms with E-state index in [9.17, 15) is 9.59 Å². The number of likely N-dealkylation sites (tertiary alicyclic amines) is 1. The van der Waals surface area contributed by atoms with Crippen molar-refractivity contribution in [2.24, 2.45) is 11.3 Å². The monoisotopic (exact) mass is 281 g/mol. The Kier molecular flexibility index (Phi) is 4.68. The van der Waals surface area contributed by atoms with Crippen LogP contribution in [-0.4, -0.2) is 41.8 Å². The standard InChI is InChI=1S/C15H23NO4/c1-2-20-13(17)4-3-12-5-6-15(11-12)7-9-16(10-8-15)14(18)19/h3-4,12H,2,5-11H2,1H3,(H,18,19). The Hall–Kier alpha value is -1.52. The molecular formula is C15H23NO4. The first-order valence-corrected chi connectivity index (χ1v) is 7.37. The van der Waals surface area contributed by atoms with E-state index in [4.69, 9.17) is 9.84 Å². The Morgan fingerprint density at radius 2 is 2.05 bits per heavy atom. The summed E-state index contributed by atoms with van der Waals surface area (Å²) in [5.74, 6) is 0.157. The van der Waals surface area contributed by atoms with Gasteiger partial charge in [0.15, 0.2) is 0 Å². The molecule has 1 saturated heterocycles. The number of ether oxygens (including phenoxy) is 1. The molecule has 0 bridgehead atoms. The fourth-order valence-electron chi connectivity index (χ4n) is 3.45. The van der Waals surface area contributed by atoms with E-state index in [0.29, 0.717) is 25.6 Å². The number of nitrogens with zero attached hydrogens (tertiary/aromatic N) is 1. The third-order valence-electron chi connectivity index (χ3n) is 4.63. The van der Waals surface area contributed by atoms with Crippen LogP contribution in [0.3, 0.4) is 0 Å². The fraction of sp³-hybridized carbons (Fsp3) is 0.733. The van der Waals surface area contributed by atoms with Crippen molar-refractivity contribution in [2.45, 2.75) is 39.0 Å². The number of carboxylic acid groups (broad SMARTS) is 1. The van der Waals surface area contributed by atoms with Gasteiger partial charge in [-0.05, 0) is 50.4 Å². The minimum Gasteiger partial charge on any atom is -0.465 e. The van der Waals surface area contributed by atoms with Crippen molar-refractivity contribution in [3.63, 3.8) is 0 Å². The SMILES string of the molecule is CCOC(=O)C=CC1CCC2(CCN(C(=O)O)CC2)C1. The van der Waals surface area contributed by atoms with Crippen LogP contribution in [0.1, 0.15) is 39.0 Å². The second-order valence-corrected chi connectivity index (χ2v) is 5.88. The number of amides is 1. The molecular weight excluding hydrogens is 258 g/mol. The summed E-state index contributed by atoms with van der Waals surface area (Å²) in [6.45, 7) is 3.49. The van der Waals surface area contributed by atoms with E-state index >= 15 is 0 Å². The summed E-state index contributed by atoms with van der Waals surface area (Å²) < 4.78 is 4.88. The zero-order valence-corrected chi connectivity index (χ0v) is 12.0. The Balaban J connectivity index is 1.83. The number of piperidine rings is 1. The van der Waals surface area contributed by atoms with Crippen LogP contribution in [0, 0.1) is 11.3 Å². The average molecular weight is 281 g/mol.